The molecule has 76 valence electrons. The van der Waals surface area contributed by atoms with Crippen molar-refractivity contribution in [3.05, 3.63) is 17.8 Å². The Morgan fingerprint density at radius 3 is 2.87 bits per heavy atom. The molecule has 0 fully saturated rings. The largest absolute Gasteiger partial charge is 0.395 e. The standard InChI is InChI=1S/C10H11N5/c1-15(6-2-4-11)10-9(13)8(7-12)3-5-14-10/h3,5H,2,6,13H2,1H3. The Morgan fingerprint density at radius 1 is 1.53 bits per heavy atom. The molecule has 1 aromatic heterocycles. The Kier molecular flexibility index (Phi) is 3.48. The smallest absolute Gasteiger partial charge is 0.152 e. The third kappa shape index (κ3) is 2.35. The van der Waals surface area contributed by atoms with Crippen LogP contribution in [0.15, 0.2) is 12.3 Å². The quantitative estimate of drug-likeness (QED) is 0.784. The van der Waals surface area contributed by atoms with Crippen LogP contribution in [0.3, 0.4) is 0 Å². The van der Waals surface area contributed by atoms with Crippen molar-refractivity contribution in [2.75, 3.05) is 24.2 Å². The van der Waals surface area contributed by atoms with E-state index in [9.17, 15) is 0 Å². The highest BCUT2D eigenvalue weighted by Gasteiger charge is 2.09. The minimum absolute atomic E-state index is 0.362. The van der Waals surface area contributed by atoms with E-state index >= 15 is 0 Å². The lowest BCUT2D eigenvalue weighted by Gasteiger charge is -2.18. The maximum Gasteiger partial charge on any atom is 0.152 e. The minimum atomic E-state index is 0.362. The third-order valence-electron chi connectivity index (χ3n) is 2.01. The molecule has 0 aliphatic heterocycles. The van der Waals surface area contributed by atoms with Crippen LogP contribution in [0.2, 0.25) is 0 Å². The molecule has 0 bridgehead atoms. The van der Waals surface area contributed by atoms with Crippen LogP contribution in [0.25, 0.3) is 0 Å². The monoisotopic (exact) mass is 201 g/mol. The molecule has 5 nitrogen and oxygen atoms in total. The second-order valence-electron chi connectivity index (χ2n) is 3.04. The summed E-state index contributed by atoms with van der Waals surface area (Å²) in [6.45, 7) is 0.544. The highest BCUT2D eigenvalue weighted by molar-refractivity contribution is 5.69. The van der Waals surface area contributed by atoms with E-state index in [0.717, 1.165) is 0 Å². The maximum absolute atomic E-state index is 8.77. The van der Waals surface area contributed by atoms with E-state index in [0.29, 0.717) is 30.0 Å². The molecule has 5 heteroatoms. The minimum Gasteiger partial charge on any atom is -0.395 e. The number of nitrogens with two attached hydrogens (primary N) is 1. The number of rotatable bonds is 3. The van der Waals surface area contributed by atoms with Gasteiger partial charge in [-0.3, -0.25) is 0 Å². The van der Waals surface area contributed by atoms with Gasteiger partial charge >= 0.3 is 0 Å². The van der Waals surface area contributed by atoms with Crippen molar-refractivity contribution in [1.82, 2.24) is 4.98 Å². The number of nitrogens with zero attached hydrogens (tertiary/aromatic N) is 4. The summed E-state index contributed by atoms with van der Waals surface area (Å²) in [4.78, 5) is 5.84. The van der Waals surface area contributed by atoms with E-state index in [-0.39, 0.29) is 0 Å². The van der Waals surface area contributed by atoms with Crippen molar-refractivity contribution in [2.45, 2.75) is 6.42 Å². The fourth-order valence-corrected chi connectivity index (χ4v) is 1.19. The molecule has 1 rings (SSSR count). The fraction of sp³-hybridized carbons (Fsp3) is 0.300. The SMILES string of the molecule is CN(CCC#N)c1nccc(C#N)c1N. The van der Waals surface area contributed by atoms with E-state index in [1.165, 1.54) is 6.20 Å². The average molecular weight is 201 g/mol. The van der Waals surface area contributed by atoms with Gasteiger partial charge in [0.1, 0.15) is 6.07 Å². The number of pyridine rings is 1. The fourth-order valence-electron chi connectivity index (χ4n) is 1.19. The lowest BCUT2D eigenvalue weighted by atomic mass is 10.2. The third-order valence-corrected chi connectivity index (χ3v) is 2.01. The van der Waals surface area contributed by atoms with Gasteiger partial charge in [0.25, 0.3) is 0 Å². The van der Waals surface area contributed by atoms with Gasteiger partial charge in [-0.15, -0.1) is 0 Å². The van der Waals surface area contributed by atoms with Gasteiger partial charge < -0.3 is 10.6 Å². The van der Waals surface area contributed by atoms with Crippen LogP contribution in [0.1, 0.15) is 12.0 Å². The zero-order chi connectivity index (χ0) is 11.3. The van der Waals surface area contributed by atoms with Crippen molar-refractivity contribution in [3.63, 3.8) is 0 Å². The van der Waals surface area contributed by atoms with Crippen molar-refractivity contribution in [1.29, 1.82) is 10.5 Å². The molecular formula is C10H11N5. The summed E-state index contributed by atoms with van der Waals surface area (Å²) in [6, 6.07) is 5.60. The first kappa shape index (κ1) is 10.8. The van der Waals surface area contributed by atoms with E-state index in [1.807, 2.05) is 12.1 Å². The molecule has 15 heavy (non-hydrogen) atoms. The van der Waals surface area contributed by atoms with E-state index in [4.69, 9.17) is 16.3 Å². The topological polar surface area (TPSA) is 89.7 Å². The first-order chi connectivity index (χ1) is 7.20. The number of nitriles is 2. The molecule has 0 spiro atoms. The summed E-state index contributed by atoms with van der Waals surface area (Å²) in [7, 11) is 1.79. The number of aromatic nitrogens is 1. The number of hydrogen-bond acceptors (Lipinski definition) is 5. The Balaban J connectivity index is 2.96. The van der Waals surface area contributed by atoms with Gasteiger partial charge in [-0.1, -0.05) is 0 Å². The first-order valence-electron chi connectivity index (χ1n) is 4.43. The molecule has 0 aromatic carbocycles. The Labute approximate surface area is 88.4 Å². The van der Waals surface area contributed by atoms with E-state index in [1.54, 1.807) is 18.0 Å². The van der Waals surface area contributed by atoms with Crippen LogP contribution in [0.5, 0.6) is 0 Å². The average Bonchev–Trinajstić information content (AvgIpc) is 2.26. The highest BCUT2D eigenvalue weighted by atomic mass is 15.2. The van der Waals surface area contributed by atoms with Gasteiger partial charge in [0.2, 0.25) is 0 Å². The summed E-state index contributed by atoms with van der Waals surface area (Å²) in [6.07, 6.45) is 1.93. The second kappa shape index (κ2) is 4.83. The zero-order valence-corrected chi connectivity index (χ0v) is 8.44. The van der Waals surface area contributed by atoms with Crippen LogP contribution >= 0.6 is 0 Å². The Hall–Kier alpha value is -2.27. The number of hydrogen-bond donors (Lipinski definition) is 1. The maximum atomic E-state index is 8.77. The van der Waals surface area contributed by atoms with Gasteiger partial charge in [0.15, 0.2) is 5.82 Å². The normalized spacial score (nSPS) is 9.00. The van der Waals surface area contributed by atoms with Gasteiger partial charge in [0, 0.05) is 19.8 Å². The molecule has 0 aliphatic carbocycles. The number of anilines is 2. The van der Waals surface area contributed by atoms with Gasteiger partial charge in [-0.25, -0.2) is 4.98 Å². The van der Waals surface area contributed by atoms with Gasteiger partial charge in [0.05, 0.1) is 23.7 Å². The molecule has 0 aliphatic rings. The van der Waals surface area contributed by atoms with Crippen molar-refractivity contribution in [2.24, 2.45) is 0 Å². The summed E-state index contributed by atoms with van der Waals surface area (Å²) in [5.41, 5.74) is 6.52. The lowest BCUT2D eigenvalue weighted by Crippen LogP contribution is -2.21. The van der Waals surface area contributed by atoms with Gasteiger partial charge in [-0.2, -0.15) is 10.5 Å². The van der Waals surface area contributed by atoms with Gasteiger partial charge in [-0.05, 0) is 6.07 Å². The van der Waals surface area contributed by atoms with Crippen LogP contribution in [0, 0.1) is 22.7 Å². The molecule has 0 atom stereocenters. The van der Waals surface area contributed by atoms with Crippen molar-refractivity contribution < 1.29 is 0 Å². The van der Waals surface area contributed by atoms with Crippen LogP contribution in [-0.4, -0.2) is 18.6 Å². The van der Waals surface area contributed by atoms with Crippen molar-refractivity contribution >= 4 is 11.5 Å². The summed E-state index contributed by atoms with van der Waals surface area (Å²) < 4.78 is 0. The Morgan fingerprint density at radius 2 is 2.27 bits per heavy atom. The summed E-state index contributed by atoms with van der Waals surface area (Å²) >= 11 is 0. The molecular weight excluding hydrogens is 190 g/mol. The van der Waals surface area contributed by atoms with E-state index < -0.39 is 0 Å². The first-order valence-corrected chi connectivity index (χ1v) is 4.43. The molecule has 0 saturated carbocycles. The summed E-state index contributed by atoms with van der Waals surface area (Å²) in [5, 5.41) is 17.2. The molecule has 0 radical (unpaired) electrons. The van der Waals surface area contributed by atoms with Crippen LogP contribution < -0.4 is 10.6 Å². The molecule has 0 amide bonds. The highest BCUT2D eigenvalue weighted by Crippen LogP contribution is 2.22. The molecule has 0 unspecified atom stereocenters. The van der Waals surface area contributed by atoms with Crippen LogP contribution in [0.4, 0.5) is 11.5 Å². The molecule has 2 N–H and O–H groups in total. The predicted molar refractivity (Wildman–Crippen MR) is 56.9 cm³/mol. The molecule has 0 saturated heterocycles. The molecule has 1 aromatic rings. The van der Waals surface area contributed by atoms with Crippen LogP contribution in [-0.2, 0) is 0 Å². The zero-order valence-electron chi connectivity index (χ0n) is 8.44. The van der Waals surface area contributed by atoms with Crippen molar-refractivity contribution in [3.8, 4) is 12.1 Å². The number of nitrogen functional groups attached to an aromatic ring is 1. The second-order valence-corrected chi connectivity index (χ2v) is 3.04. The lowest BCUT2D eigenvalue weighted by molar-refractivity contribution is 0.886. The Bertz CT molecular complexity index is 426. The summed E-state index contributed by atoms with van der Waals surface area (Å²) in [5.74, 6) is 0.546. The molecule has 1 heterocycles. The van der Waals surface area contributed by atoms with E-state index in [2.05, 4.69) is 4.98 Å². The predicted octanol–water partition coefficient (Wildman–Crippen LogP) is 0.885.